The van der Waals surface area contributed by atoms with E-state index in [4.69, 9.17) is 0 Å². The summed E-state index contributed by atoms with van der Waals surface area (Å²) in [5.41, 5.74) is 3.38. The van der Waals surface area contributed by atoms with Gasteiger partial charge in [0.2, 0.25) is 0 Å². The third-order valence-electron chi connectivity index (χ3n) is 2.60. The summed E-state index contributed by atoms with van der Waals surface area (Å²) < 4.78 is 1.93. The lowest BCUT2D eigenvalue weighted by Crippen LogP contribution is -2.08. The summed E-state index contributed by atoms with van der Waals surface area (Å²) in [5.74, 6) is 0. The van der Waals surface area contributed by atoms with Crippen molar-refractivity contribution in [1.29, 1.82) is 0 Å². The van der Waals surface area contributed by atoms with Gasteiger partial charge in [-0.25, -0.2) is 4.68 Å². The van der Waals surface area contributed by atoms with Crippen molar-refractivity contribution < 1.29 is 0 Å². The summed E-state index contributed by atoms with van der Waals surface area (Å²) in [4.78, 5) is 0. The number of hydrogen-bond acceptors (Lipinski definition) is 3. The number of aromatic nitrogens is 3. The molecule has 2 aromatic rings. The van der Waals surface area contributed by atoms with E-state index in [1.165, 1.54) is 5.56 Å². The minimum Gasteiger partial charge on any atom is -0.314 e. The van der Waals surface area contributed by atoms with Crippen molar-refractivity contribution in [3.63, 3.8) is 0 Å². The van der Waals surface area contributed by atoms with Crippen LogP contribution in [0.4, 0.5) is 0 Å². The molecule has 16 heavy (non-hydrogen) atoms. The van der Waals surface area contributed by atoms with Crippen LogP contribution in [-0.2, 0) is 13.1 Å². The molecule has 0 aliphatic heterocycles. The molecule has 0 fully saturated rings. The molecule has 1 heterocycles. The second-order valence-corrected chi connectivity index (χ2v) is 3.80. The zero-order valence-electron chi connectivity index (χ0n) is 9.64. The van der Waals surface area contributed by atoms with E-state index in [-0.39, 0.29) is 0 Å². The Labute approximate surface area is 95.3 Å². The van der Waals surface area contributed by atoms with Gasteiger partial charge in [0.25, 0.3) is 0 Å². The molecule has 0 aliphatic rings. The van der Waals surface area contributed by atoms with E-state index < -0.39 is 0 Å². The second kappa shape index (κ2) is 4.90. The van der Waals surface area contributed by atoms with Gasteiger partial charge in [-0.1, -0.05) is 35.5 Å². The van der Waals surface area contributed by atoms with E-state index in [9.17, 15) is 0 Å². The maximum absolute atomic E-state index is 4.16. The highest BCUT2D eigenvalue weighted by molar-refractivity contribution is 5.16. The monoisotopic (exact) mass is 216 g/mol. The molecular weight excluding hydrogens is 200 g/mol. The predicted octanol–water partition coefficient (Wildman–Crippen LogP) is 1.35. The fourth-order valence-electron chi connectivity index (χ4n) is 1.63. The first-order valence-corrected chi connectivity index (χ1v) is 5.38. The third kappa shape index (κ3) is 2.28. The molecule has 0 bridgehead atoms. The Hall–Kier alpha value is -1.68. The first kappa shape index (κ1) is 10.8. The van der Waals surface area contributed by atoms with Gasteiger partial charge < -0.3 is 5.32 Å². The van der Waals surface area contributed by atoms with Gasteiger partial charge in [0.1, 0.15) is 0 Å². The van der Waals surface area contributed by atoms with Crippen molar-refractivity contribution in [3.05, 3.63) is 47.3 Å². The van der Waals surface area contributed by atoms with Crippen molar-refractivity contribution in [1.82, 2.24) is 20.3 Å². The van der Waals surface area contributed by atoms with Gasteiger partial charge >= 0.3 is 0 Å². The third-order valence-corrected chi connectivity index (χ3v) is 2.60. The smallest absolute Gasteiger partial charge is 0.0993 e. The standard InChI is InChI=1S/C12H16N4/c1-10-12(8-13-2)14-15-16(10)9-11-6-4-3-5-7-11/h3-7,13H,8-9H2,1-2H3. The summed E-state index contributed by atoms with van der Waals surface area (Å²) in [6.07, 6.45) is 0. The molecule has 2 rings (SSSR count). The van der Waals surface area contributed by atoms with Gasteiger partial charge in [0.05, 0.1) is 17.9 Å². The Kier molecular flexibility index (Phi) is 3.31. The van der Waals surface area contributed by atoms with Crippen molar-refractivity contribution in [2.24, 2.45) is 0 Å². The minimum atomic E-state index is 0.765. The molecule has 4 heteroatoms. The van der Waals surface area contributed by atoms with Crippen LogP contribution in [-0.4, -0.2) is 22.0 Å². The van der Waals surface area contributed by atoms with Gasteiger partial charge in [0.15, 0.2) is 0 Å². The van der Waals surface area contributed by atoms with E-state index in [1.807, 2.05) is 29.9 Å². The maximum atomic E-state index is 4.16. The van der Waals surface area contributed by atoms with Crippen LogP contribution in [0, 0.1) is 6.92 Å². The Morgan fingerprint density at radius 1 is 1.25 bits per heavy atom. The van der Waals surface area contributed by atoms with E-state index in [0.29, 0.717) is 0 Å². The van der Waals surface area contributed by atoms with Crippen molar-refractivity contribution >= 4 is 0 Å². The van der Waals surface area contributed by atoms with Crippen LogP contribution in [0.5, 0.6) is 0 Å². The quantitative estimate of drug-likeness (QED) is 0.839. The van der Waals surface area contributed by atoms with E-state index in [2.05, 4.69) is 34.7 Å². The summed E-state index contributed by atoms with van der Waals surface area (Å²) >= 11 is 0. The topological polar surface area (TPSA) is 42.7 Å². The lowest BCUT2D eigenvalue weighted by Gasteiger charge is -2.03. The molecule has 0 atom stereocenters. The first-order chi connectivity index (χ1) is 7.81. The molecule has 0 saturated carbocycles. The summed E-state index contributed by atoms with van der Waals surface area (Å²) in [6, 6.07) is 10.3. The van der Waals surface area contributed by atoms with Gasteiger partial charge in [-0.15, -0.1) is 5.10 Å². The van der Waals surface area contributed by atoms with Crippen LogP contribution < -0.4 is 5.32 Å². The van der Waals surface area contributed by atoms with Gasteiger partial charge in [-0.3, -0.25) is 0 Å². The molecular formula is C12H16N4. The molecule has 1 aromatic carbocycles. The zero-order chi connectivity index (χ0) is 11.4. The van der Waals surface area contributed by atoms with Crippen LogP contribution >= 0.6 is 0 Å². The largest absolute Gasteiger partial charge is 0.314 e. The molecule has 4 nitrogen and oxygen atoms in total. The fourth-order valence-corrected chi connectivity index (χ4v) is 1.63. The van der Waals surface area contributed by atoms with E-state index in [1.54, 1.807) is 0 Å². The Morgan fingerprint density at radius 2 is 2.00 bits per heavy atom. The number of rotatable bonds is 4. The molecule has 0 unspecified atom stereocenters. The highest BCUT2D eigenvalue weighted by atomic mass is 15.4. The Morgan fingerprint density at radius 3 is 2.69 bits per heavy atom. The summed E-state index contributed by atoms with van der Waals surface area (Å²) in [7, 11) is 1.91. The number of benzene rings is 1. The van der Waals surface area contributed by atoms with Gasteiger partial charge in [-0.05, 0) is 19.5 Å². The van der Waals surface area contributed by atoms with Crippen molar-refractivity contribution in [3.8, 4) is 0 Å². The molecule has 0 radical (unpaired) electrons. The Bertz CT molecular complexity index is 447. The maximum Gasteiger partial charge on any atom is 0.0993 e. The molecule has 1 N–H and O–H groups in total. The van der Waals surface area contributed by atoms with Crippen LogP contribution in [0.15, 0.2) is 30.3 Å². The molecule has 0 saturated heterocycles. The molecule has 84 valence electrons. The minimum absolute atomic E-state index is 0.765. The van der Waals surface area contributed by atoms with Crippen LogP contribution in [0.25, 0.3) is 0 Å². The molecule has 1 aromatic heterocycles. The number of nitrogens with one attached hydrogen (secondary N) is 1. The number of hydrogen-bond donors (Lipinski definition) is 1. The molecule has 0 spiro atoms. The average molecular weight is 216 g/mol. The number of nitrogens with zero attached hydrogens (tertiary/aromatic N) is 3. The van der Waals surface area contributed by atoms with Crippen molar-refractivity contribution in [2.45, 2.75) is 20.0 Å². The van der Waals surface area contributed by atoms with Crippen LogP contribution in [0.2, 0.25) is 0 Å². The molecule has 0 aliphatic carbocycles. The highest BCUT2D eigenvalue weighted by Crippen LogP contribution is 2.07. The normalized spacial score (nSPS) is 10.6. The summed E-state index contributed by atoms with van der Waals surface area (Å²) in [5, 5.41) is 11.4. The van der Waals surface area contributed by atoms with Gasteiger partial charge in [-0.2, -0.15) is 0 Å². The predicted molar refractivity (Wildman–Crippen MR) is 63.1 cm³/mol. The second-order valence-electron chi connectivity index (χ2n) is 3.80. The van der Waals surface area contributed by atoms with E-state index in [0.717, 1.165) is 24.5 Å². The van der Waals surface area contributed by atoms with Gasteiger partial charge in [0, 0.05) is 6.54 Å². The van der Waals surface area contributed by atoms with Crippen LogP contribution in [0.1, 0.15) is 17.0 Å². The molecule has 0 amide bonds. The Balaban J connectivity index is 2.16. The summed E-state index contributed by atoms with van der Waals surface area (Å²) in [6.45, 7) is 3.60. The average Bonchev–Trinajstić information content (AvgIpc) is 2.64. The lowest BCUT2D eigenvalue weighted by molar-refractivity contribution is 0.633. The SMILES string of the molecule is CNCc1nnn(Cc2ccccc2)c1C. The van der Waals surface area contributed by atoms with E-state index >= 15 is 0 Å². The first-order valence-electron chi connectivity index (χ1n) is 5.38. The zero-order valence-corrected chi connectivity index (χ0v) is 9.64. The highest BCUT2D eigenvalue weighted by Gasteiger charge is 2.07. The lowest BCUT2D eigenvalue weighted by atomic mass is 10.2. The van der Waals surface area contributed by atoms with Crippen LogP contribution in [0.3, 0.4) is 0 Å². The van der Waals surface area contributed by atoms with Crippen molar-refractivity contribution in [2.75, 3.05) is 7.05 Å². The fraction of sp³-hybridized carbons (Fsp3) is 0.333.